The number of hydrogen-bond donors (Lipinski definition) is 5. The molecule has 7 N–H and O–H groups in total. The highest BCUT2D eigenvalue weighted by molar-refractivity contribution is 5.83. The Morgan fingerprint density at radius 2 is 2.15 bits per heavy atom. The van der Waals surface area contributed by atoms with E-state index in [1.807, 2.05) is 18.2 Å². The quantitative estimate of drug-likeness (QED) is 0.453. The lowest BCUT2D eigenvalue weighted by atomic mass is 10.0. The fourth-order valence-corrected chi connectivity index (χ4v) is 3.28. The maximum absolute atomic E-state index is 10.4. The minimum absolute atomic E-state index is 0.176. The van der Waals surface area contributed by atoms with Crippen LogP contribution >= 0.6 is 0 Å². The van der Waals surface area contributed by atoms with Gasteiger partial charge in [-0.3, -0.25) is 10.3 Å². The second-order valence-electron chi connectivity index (χ2n) is 6.40. The zero-order valence-electron chi connectivity index (χ0n) is 13.9. The lowest BCUT2D eigenvalue weighted by Crippen LogP contribution is -2.52. The van der Waals surface area contributed by atoms with Gasteiger partial charge in [-0.25, -0.2) is 15.0 Å². The van der Waals surface area contributed by atoms with E-state index in [0.717, 1.165) is 18.4 Å². The molecule has 138 valence electrons. The molecule has 0 bridgehead atoms. The molecule has 1 saturated heterocycles. The van der Waals surface area contributed by atoms with Crippen molar-refractivity contribution in [2.75, 3.05) is 12.3 Å². The monoisotopic (exact) mass is 360 g/mol. The molecule has 1 fully saturated rings. The number of nitrogens with two attached hydrogens (primary N) is 2. The Morgan fingerprint density at radius 3 is 2.81 bits per heavy atom. The summed E-state index contributed by atoms with van der Waals surface area (Å²) in [5, 5.41) is 29.8. The molecule has 0 unspecified atom stereocenters. The number of nitrogens with zero attached hydrogens (tertiary/aromatic N) is 4. The van der Waals surface area contributed by atoms with Gasteiger partial charge in [0.2, 0.25) is 5.85 Å². The first kappa shape index (κ1) is 17.1. The number of fused-ring (bicyclic) bond motifs is 1. The average molecular weight is 360 g/mol. The summed E-state index contributed by atoms with van der Waals surface area (Å²) in [5.74, 6) is -1.23. The lowest BCUT2D eigenvalue weighted by Gasteiger charge is -2.29. The SMILES string of the molecule is Nc1nc(C2=CC=CCC2)nc2c1ncn2[C@]1(N)O[C@H](CO)[C@@H](O)[C@H]1O. The number of aliphatic hydroxyl groups is 3. The second-order valence-corrected chi connectivity index (χ2v) is 6.40. The van der Waals surface area contributed by atoms with E-state index in [9.17, 15) is 15.3 Å². The number of anilines is 1. The van der Waals surface area contributed by atoms with Crippen molar-refractivity contribution in [1.82, 2.24) is 19.5 Å². The van der Waals surface area contributed by atoms with Crippen LogP contribution in [0.1, 0.15) is 18.7 Å². The van der Waals surface area contributed by atoms with Crippen molar-refractivity contribution in [3.63, 3.8) is 0 Å². The van der Waals surface area contributed by atoms with E-state index in [2.05, 4.69) is 15.0 Å². The summed E-state index contributed by atoms with van der Waals surface area (Å²) in [4.78, 5) is 13.0. The summed E-state index contributed by atoms with van der Waals surface area (Å²) in [6.45, 7) is -0.495. The molecule has 0 amide bonds. The largest absolute Gasteiger partial charge is 0.394 e. The third kappa shape index (κ3) is 2.42. The van der Waals surface area contributed by atoms with Crippen LogP contribution in [0, 0.1) is 0 Å². The second kappa shape index (κ2) is 6.11. The number of ether oxygens (including phenoxy) is 1. The highest BCUT2D eigenvalue weighted by atomic mass is 16.6. The molecule has 2 aromatic rings. The smallest absolute Gasteiger partial charge is 0.231 e. The Kier molecular flexibility index (Phi) is 4.01. The molecule has 10 heteroatoms. The van der Waals surface area contributed by atoms with Crippen molar-refractivity contribution in [3.05, 3.63) is 30.4 Å². The molecule has 2 aliphatic rings. The summed E-state index contributed by atoms with van der Waals surface area (Å²) in [7, 11) is 0. The molecule has 4 rings (SSSR count). The fourth-order valence-electron chi connectivity index (χ4n) is 3.28. The van der Waals surface area contributed by atoms with Crippen molar-refractivity contribution >= 4 is 22.6 Å². The maximum Gasteiger partial charge on any atom is 0.231 e. The zero-order valence-corrected chi connectivity index (χ0v) is 13.9. The van der Waals surface area contributed by atoms with Gasteiger partial charge in [0.1, 0.15) is 30.2 Å². The Balaban J connectivity index is 1.85. The first-order valence-corrected chi connectivity index (χ1v) is 8.26. The predicted octanol–water partition coefficient (Wildman–Crippen LogP) is -1.18. The maximum atomic E-state index is 10.4. The van der Waals surface area contributed by atoms with Crippen molar-refractivity contribution in [2.24, 2.45) is 5.73 Å². The van der Waals surface area contributed by atoms with Crippen molar-refractivity contribution < 1.29 is 20.1 Å². The Labute approximate surface area is 148 Å². The predicted molar refractivity (Wildman–Crippen MR) is 92.2 cm³/mol. The van der Waals surface area contributed by atoms with Gasteiger partial charge in [0.15, 0.2) is 17.3 Å². The van der Waals surface area contributed by atoms with Crippen LogP contribution in [0.5, 0.6) is 0 Å². The summed E-state index contributed by atoms with van der Waals surface area (Å²) in [5.41, 5.74) is 13.8. The van der Waals surface area contributed by atoms with Gasteiger partial charge < -0.3 is 25.8 Å². The Hall–Kier alpha value is -2.37. The van der Waals surface area contributed by atoms with Crippen molar-refractivity contribution in [3.8, 4) is 0 Å². The molecule has 1 aliphatic heterocycles. The van der Waals surface area contributed by atoms with Crippen LogP contribution in [0.25, 0.3) is 16.7 Å². The fraction of sp³-hybridized carbons (Fsp3) is 0.438. The standard InChI is InChI=1S/C16H20N6O4/c17-13-10-15(21-14(20-13)8-4-2-1-3-5-8)22(7-19-10)16(18)12(25)11(24)9(6-23)26-16/h1-2,4,7,9,11-12,23-25H,3,5-6,18H2,(H2,17,20,21)/t9-,11-,12-,16+/m1/s1. The molecule has 3 heterocycles. The van der Waals surface area contributed by atoms with E-state index in [0.29, 0.717) is 11.3 Å². The van der Waals surface area contributed by atoms with Crippen LogP contribution in [-0.2, 0) is 10.6 Å². The van der Waals surface area contributed by atoms with Crippen LogP contribution in [0.15, 0.2) is 24.6 Å². The van der Waals surface area contributed by atoms with E-state index < -0.39 is 30.8 Å². The number of nitrogen functional groups attached to an aromatic ring is 1. The van der Waals surface area contributed by atoms with Crippen LogP contribution < -0.4 is 11.5 Å². The first-order chi connectivity index (χ1) is 12.5. The van der Waals surface area contributed by atoms with E-state index in [4.69, 9.17) is 16.2 Å². The highest BCUT2D eigenvalue weighted by Crippen LogP contribution is 2.34. The van der Waals surface area contributed by atoms with Crippen LogP contribution in [0.4, 0.5) is 5.82 Å². The highest BCUT2D eigenvalue weighted by Gasteiger charge is 2.54. The molecule has 0 radical (unpaired) electrons. The van der Waals surface area contributed by atoms with Gasteiger partial charge in [0.05, 0.1) is 6.61 Å². The van der Waals surface area contributed by atoms with E-state index >= 15 is 0 Å². The average Bonchev–Trinajstić information content (AvgIpc) is 3.19. The van der Waals surface area contributed by atoms with Crippen LogP contribution in [0.2, 0.25) is 0 Å². The van der Waals surface area contributed by atoms with Gasteiger partial charge in [0, 0.05) is 0 Å². The van der Waals surface area contributed by atoms with Crippen LogP contribution in [-0.4, -0.2) is 59.8 Å². The van der Waals surface area contributed by atoms with Gasteiger partial charge in [-0.2, -0.15) is 0 Å². The van der Waals surface area contributed by atoms with Gasteiger partial charge in [-0.05, 0) is 18.4 Å². The van der Waals surface area contributed by atoms with E-state index in [-0.39, 0.29) is 11.5 Å². The number of aromatic nitrogens is 4. The molecular formula is C16H20N6O4. The molecule has 26 heavy (non-hydrogen) atoms. The minimum atomic E-state index is -1.85. The normalized spacial score (nSPS) is 31.5. The number of allylic oxidation sites excluding steroid dienone is 4. The summed E-state index contributed by atoms with van der Waals surface area (Å²) in [6.07, 6.45) is 4.98. The first-order valence-electron chi connectivity index (χ1n) is 8.26. The van der Waals surface area contributed by atoms with Gasteiger partial charge in [0.25, 0.3) is 0 Å². The molecule has 0 saturated carbocycles. The molecular weight excluding hydrogens is 340 g/mol. The lowest BCUT2D eigenvalue weighted by molar-refractivity contribution is -0.141. The van der Waals surface area contributed by atoms with Crippen molar-refractivity contribution in [1.29, 1.82) is 0 Å². The summed E-state index contributed by atoms with van der Waals surface area (Å²) < 4.78 is 6.84. The topological polar surface area (TPSA) is 166 Å². The third-order valence-corrected chi connectivity index (χ3v) is 4.75. The molecule has 0 spiro atoms. The van der Waals surface area contributed by atoms with Crippen LogP contribution in [0.3, 0.4) is 0 Å². The summed E-state index contributed by atoms with van der Waals surface area (Å²) >= 11 is 0. The molecule has 10 nitrogen and oxygen atoms in total. The van der Waals surface area contributed by atoms with Gasteiger partial charge >= 0.3 is 0 Å². The number of aliphatic hydroxyl groups excluding tert-OH is 3. The number of hydrogen-bond acceptors (Lipinski definition) is 9. The van der Waals surface area contributed by atoms with Crippen molar-refractivity contribution in [2.45, 2.75) is 37.0 Å². The molecule has 4 atom stereocenters. The molecule has 0 aromatic carbocycles. The Bertz CT molecular complexity index is 910. The van der Waals surface area contributed by atoms with E-state index in [1.54, 1.807) is 0 Å². The summed E-state index contributed by atoms with van der Waals surface area (Å²) in [6, 6.07) is 0. The Morgan fingerprint density at radius 1 is 1.35 bits per heavy atom. The van der Waals surface area contributed by atoms with Gasteiger partial charge in [-0.15, -0.1) is 0 Å². The number of rotatable bonds is 3. The van der Waals surface area contributed by atoms with Gasteiger partial charge in [-0.1, -0.05) is 18.2 Å². The molecule has 2 aromatic heterocycles. The number of imidazole rings is 1. The molecule has 1 aliphatic carbocycles. The minimum Gasteiger partial charge on any atom is -0.394 e. The zero-order chi connectivity index (χ0) is 18.5. The van der Waals surface area contributed by atoms with E-state index in [1.165, 1.54) is 10.9 Å². The third-order valence-electron chi connectivity index (χ3n) is 4.75.